The van der Waals surface area contributed by atoms with Crippen molar-refractivity contribution in [3.8, 4) is 5.75 Å². The first-order valence-electron chi connectivity index (χ1n) is 6.64. The standard InChI is InChI=1S/C18H11ClO3/c19-16-10-9-13-3-1-2-4-15(13)17(16)22-18(21)14-7-5-12(11-20)6-8-14/h1-11H. The summed E-state index contributed by atoms with van der Waals surface area (Å²) < 4.78 is 5.46. The number of esters is 1. The molecule has 0 saturated carbocycles. The highest BCUT2D eigenvalue weighted by Gasteiger charge is 2.14. The second kappa shape index (κ2) is 6.00. The van der Waals surface area contributed by atoms with Crippen LogP contribution >= 0.6 is 11.6 Å². The third-order valence-electron chi connectivity index (χ3n) is 3.31. The Kier molecular flexibility index (Phi) is 3.90. The number of hydrogen-bond donors (Lipinski definition) is 0. The fraction of sp³-hybridized carbons (Fsp3) is 0. The highest BCUT2D eigenvalue weighted by Crippen LogP contribution is 2.33. The van der Waals surface area contributed by atoms with Gasteiger partial charge in [-0.25, -0.2) is 4.79 Å². The zero-order chi connectivity index (χ0) is 15.5. The van der Waals surface area contributed by atoms with Gasteiger partial charge in [-0.15, -0.1) is 0 Å². The van der Waals surface area contributed by atoms with Crippen molar-refractivity contribution in [2.75, 3.05) is 0 Å². The van der Waals surface area contributed by atoms with Crippen molar-refractivity contribution in [3.05, 3.63) is 76.8 Å². The van der Waals surface area contributed by atoms with E-state index in [9.17, 15) is 9.59 Å². The molecule has 3 nitrogen and oxygen atoms in total. The van der Waals surface area contributed by atoms with Crippen molar-refractivity contribution in [1.29, 1.82) is 0 Å². The summed E-state index contributed by atoms with van der Waals surface area (Å²) >= 11 is 6.16. The van der Waals surface area contributed by atoms with Gasteiger partial charge in [0.1, 0.15) is 6.29 Å². The fourth-order valence-corrected chi connectivity index (χ4v) is 2.37. The van der Waals surface area contributed by atoms with Gasteiger partial charge in [0.15, 0.2) is 5.75 Å². The van der Waals surface area contributed by atoms with E-state index in [1.807, 2.05) is 30.3 Å². The Morgan fingerprint density at radius 2 is 1.68 bits per heavy atom. The second-order valence-electron chi connectivity index (χ2n) is 4.73. The van der Waals surface area contributed by atoms with Gasteiger partial charge in [-0.05, 0) is 23.6 Å². The first kappa shape index (κ1) is 14.3. The molecular weight excluding hydrogens is 300 g/mol. The third-order valence-corrected chi connectivity index (χ3v) is 3.61. The summed E-state index contributed by atoms with van der Waals surface area (Å²) in [5, 5.41) is 2.08. The molecule has 3 rings (SSSR count). The molecule has 108 valence electrons. The van der Waals surface area contributed by atoms with E-state index in [0.717, 1.165) is 17.1 Å². The lowest BCUT2D eigenvalue weighted by molar-refractivity contribution is 0.0737. The molecule has 3 aromatic rings. The summed E-state index contributed by atoms with van der Waals surface area (Å²) in [6.45, 7) is 0. The first-order chi connectivity index (χ1) is 10.7. The van der Waals surface area contributed by atoms with Crippen LogP contribution in [0.2, 0.25) is 5.02 Å². The largest absolute Gasteiger partial charge is 0.421 e. The highest BCUT2D eigenvalue weighted by atomic mass is 35.5. The van der Waals surface area contributed by atoms with Gasteiger partial charge >= 0.3 is 5.97 Å². The molecule has 0 fully saturated rings. The molecule has 0 bridgehead atoms. The third kappa shape index (κ3) is 2.71. The van der Waals surface area contributed by atoms with Crippen molar-refractivity contribution in [2.24, 2.45) is 0 Å². The Bertz CT molecular complexity index is 854. The van der Waals surface area contributed by atoms with E-state index in [0.29, 0.717) is 21.9 Å². The normalized spacial score (nSPS) is 10.4. The maximum atomic E-state index is 12.2. The summed E-state index contributed by atoms with van der Waals surface area (Å²) in [6.07, 6.45) is 0.719. The topological polar surface area (TPSA) is 43.4 Å². The van der Waals surface area contributed by atoms with Gasteiger partial charge in [0.05, 0.1) is 10.6 Å². The van der Waals surface area contributed by atoms with E-state index in [4.69, 9.17) is 16.3 Å². The molecule has 3 aromatic carbocycles. The molecule has 0 heterocycles. The predicted molar refractivity (Wildman–Crippen MR) is 85.7 cm³/mol. The Labute approximate surface area is 132 Å². The van der Waals surface area contributed by atoms with E-state index in [1.165, 1.54) is 0 Å². The summed E-state index contributed by atoms with van der Waals surface area (Å²) in [5.74, 6) is -0.181. The molecule has 0 saturated heterocycles. The Morgan fingerprint density at radius 1 is 0.955 bits per heavy atom. The van der Waals surface area contributed by atoms with Crippen molar-refractivity contribution in [3.63, 3.8) is 0 Å². The minimum absolute atomic E-state index is 0.337. The average Bonchev–Trinajstić information content (AvgIpc) is 2.57. The monoisotopic (exact) mass is 310 g/mol. The molecule has 0 unspecified atom stereocenters. The Hall–Kier alpha value is -2.65. The van der Waals surface area contributed by atoms with Crippen LogP contribution in [0.4, 0.5) is 0 Å². The Balaban J connectivity index is 1.96. The molecule has 0 aromatic heterocycles. The number of aldehydes is 1. The van der Waals surface area contributed by atoms with E-state index < -0.39 is 5.97 Å². The van der Waals surface area contributed by atoms with E-state index in [-0.39, 0.29) is 0 Å². The van der Waals surface area contributed by atoms with Gasteiger partial charge in [0.25, 0.3) is 0 Å². The molecule has 0 aliphatic heterocycles. The van der Waals surface area contributed by atoms with Gasteiger partial charge in [0.2, 0.25) is 0 Å². The van der Waals surface area contributed by atoms with Crippen LogP contribution in [-0.2, 0) is 0 Å². The quantitative estimate of drug-likeness (QED) is 0.406. The van der Waals surface area contributed by atoms with Gasteiger partial charge < -0.3 is 4.74 Å². The average molecular weight is 311 g/mol. The predicted octanol–water partition coefficient (Wildman–Crippen LogP) is 4.52. The molecular formula is C18H11ClO3. The SMILES string of the molecule is O=Cc1ccc(C(=O)Oc2c(Cl)ccc3ccccc23)cc1. The van der Waals surface area contributed by atoms with Crippen molar-refractivity contribution >= 4 is 34.6 Å². The number of carbonyl (C=O) groups excluding carboxylic acids is 2. The minimum atomic E-state index is -0.518. The summed E-state index contributed by atoms with van der Waals surface area (Å²) in [4.78, 5) is 22.9. The van der Waals surface area contributed by atoms with Crippen LogP contribution in [-0.4, -0.2) is 12.3 Å². The number of fused-ring (bicyclic) bond motifs is 1. The highest BCUT2D eigenvalue weighted by molar-refractivity contribution is 6.33. The number of hydrogen-bond acceptors (Lipinski definition) is 3. The molecule has 0 amide bonds. The fourth-order valence-electron chi connectivity index (χ4n) is 2.17. The molecule has 0 aliphatic carbocycles. The number of rotatable bonds is 3. The van der Waals surface area contributed by atoms with E-state index in [2.05, 4.69) is 0 Å². The molecule has 0 aliphatic rings. The van der Waals surface area contributed by atoms with Crippen LogP contribution in [0, 0.1) is 0 Å². The van der Waals surface area contributed by atoms with Gasteiger partial charge in [-0.3, -0.25) is 4.79 Å². The molecule has 0 N–H and O–H groups in total. The number of ether oxygens (including phenoxy) is 1. The molecule has 0 spiro atoms. The lowest BCUT2D eigenvalue weighted by Gasteiger charge is -2.10. The lowest BCUT2D eigenvalue weighted by Crippen LogP contribution is -2.09. The smallest absolute Gasteiger partial charge is 0.343 e. The number of benzene rings is 3. The summed E-state index contributed by atoms with van der Waals surface area (Å²) in [7, 11) is 0. The Morgan fingerprint density at radius 3 is 2.41 bits per heavy atom. The van der Waals surface area contributed by atoms with Gasteiger partial charge in [-0.2, -0.15) is 0 Å². The van der Waals surface area contributed by atoms with Crippen molar-refractivity contribution < 1.29 is 14.3 Å². The maximum absolute atomic E-state index is 12.2. The van der Waals surface area contributed by atoms with Crippen LogP contribution in [0.3, 0.4) is 0 Å². The van der Waals surface area contributed by atoms with Crippen molar-refractivity contribution in [2.45, 2.75) is 0 Å². The summed E-state index contributed by atoms with van der Waals surface area (Å²) in [5.41, 5.74) is 0.856. The van der Waals surface area contributed by atoms with Crippen LogP contribution in [0.25, 0.3) is 10.8 Å². The summed E-state index contributed by atoms with van der Waals surface area (Å²) in [6, 6.07) is 17.3. The number of carbonyl (C=O) groups is 2. The molecule has 4 heteroatoms. The second-order valence-corrected chi connectivity index (χ2v) is 5.13. The van der Waals surface area contributed by atoms with Crippen molar-refractivity contribution in [1.82, 2.24) is 0 Å². The van der Waals surface area contributed by atoms with Crippen LogP contribution < -0.4 is 4.74 Å². The van der Waals surface area contributed by atoms with E-state index in [1.54, 1.807) is 30.3 Å². The zero-order valence-corrected chi connectivity index (χ0v) is 12.2. The lowest BCUT2D eigenvalue weighted by atomic mass is 10.1. The van der Waals surface area contributed by atoms with E-state index >= 15 is 0 Å². The van der Waals surface area contributed by atoms with Gasteiger partial charge in [0, 0.05) is 10.9 Å². The molecule has 0 atom stereocenters. The number of halogens is 1. The first-order valence-corrected chi connectivity index (χ1v) is 7.01. The molecule has 22 heavy (non-hydrogen) atoms. The molecule has 0 radical (unpaired) electrons. The zero-order valence-electron chi connectivity index (χ0n) is 11.5. The minimum Gasteiger partial charge on any atom is -0.421 e. The maximum Gasteiger partial charge on any atom is 0.343 e. The van der Waals surface area contributed by atoms with Gasteiger partial charge in [-0.1, -0.05) is 54.1 Å². The van der Waals surface area contributed by atoms with Crippen LogP contribution in [0.15, 0.2) is 60.7 Å². The van der Waals surface area contributed by atoms with Crippen LogP contribution in [0.5, 0.6) is 5.75 Å². The van der Waals surface area contributed by atoms with Crippen LogP contribution in [0.1, 0.15) is 20.7 Å².